The molecule has 3 heterocycles. The summed E-state index contributed by atoms with van der Waals surface area (Å²) in [6.45, 7) is 6.54. The van der Waals surface area contributed by atoms with E-state index in [0.717, 1.165) is 23.1 Å². The Balaban J connectivity index is 0.000000151. The molecule has 3 aliphatic heterocycles. The molecule has 0 radical (unpaired) electrons. The van der Waals surface area contributed by atoms with Crippen LogP contribution in [0.5, 0.6) is 0 Å². The van der Waals surface area contributed by atoms with Gasteiger partial charge in [-0.05, 0) is 75.5 Å². The highest BCUT2D eigenvalue weighted by Gasteiger charge is 2.58. The molecule has 11 atom stereocenters. The molecule has 3 amide bonds. The Morgan fingerprint density at radius 3 is 1.44 bits per heavy atom. The van der Waals surface area contributed by atoms with Gasteiger partial charge in [0, 0.05) is 17.9 Å². The summed E-state index contributed by atoms with van der Waals surface area (Å²) in [4.78, 5) is 78.1. The van der Waals surface area contributed by atoms with Gasteiger partial charge < -0.3 is 38.6 Å². The van der Waals surface area contributed by atoms with Crippen LogP contribution >= 0.6 is 0 Å². The summed E-state index contributed by atoms with van der Waals surface area (Å²) in [6.07, 6.45) is 4.25. The molecule has 6 aliphatic rings. The van der Waals surface area contributed by atoms with Crippen LogP contribution in [0.4, 0.5) is 14.4 Å². The molecule has 3 saturated heterocycles. The molecule has 9 rings (SSSR count). The second-order valence-corrected chi connectivity index (χ2v) is 17.5. The van der Waals surface area contributed by atoms with Crippen LogP contribution in [0.15, 0.2) is 103 Å². The van der Waals surface area contributed by atoms with Crippen LogP contribution in [0.3, 0.4) is 0 Å². The lowest BCUT2D eigenvalue weighted by Crippen LogP contribution is -2.54. The van der Waals surface area contributed by atoms with Crippen molar-refractivity contribution in [2.24, 2.45) is 17.8 Å². The van der Waals surface area contributed by atoms with Crippen LogP contribution < -0.4 is 0 Å². The third-order valence-corrected chi connectivity index (χ3v) is 13.3. The van der Waals surface area contributed by atoms with Gasteiger partial charge in [-0.3, -0.25) is 14.7 Å². The molecule has 68 heavy (non-hydrogen) atoms. The number of hydrogen-bond acceptors (Lipinski definition) is 14. The van der Waals surface area contributed by atoms with E-state index in [1.165, 1.54) is 14.7 Å². The van der Waals surface area contributed by atoms with Crippen LogP contribution in [0.25, 0.3) is 0 Å². The van der Waals surface area contributed by atoms with Gasteiger partial charge in [0.2, 0.25) is 0 Å². The van der Waals surface area contributed by atoms with Crippen molar-refractivity contribution in [1.29, 1.82) is 0 Å². The Morgan fingerprint density at radius 2 is 0.941 bits per heavy atom. The molecule has 0 aromatic heterocycles. The number of nitrogens with zero attached hydrogens (tertiary/aromatic N) is 3. The van der Waals surface area contributed by atoms with Crippen molar-refractivity contribution in [2.75, 3.05) is 19.8 Å². The fraction of sp³-hybridized carbons (Fsp3) is 0.490. The van der Waals surface area contributed by atoms with E-state index < -0.39 is 60.6 Å². The zero-order valence-electron chi connectivity index (χ0n) is 38.6. The molecule has 364 valence electrons. The van der Waals surface area contributed by atoms with Crippen molar-refractivity contribution in [3.8, 4) is 0 Å². The summed E-state index contributed by atoms with van der Waals surface area (Å²) in [5.41, 5.74) is 2.68. The van der Waals surface area contributed by atoms with Gasteiger partial charge in [-0.1, -0.05) is 103 Å². The lowest BCUT2D eigenvalue weighted by atomic mass is 9.96. The van der Waals surface area contributed by atoms with Crippen molar-refractivity contribution in [3.05, 3.63) is 120 Å². The highest BCUT2D eigenvalue weighted by Crippen LogP contribution is 2.45. The number of aliphatic hydroxyl groups excluding tert-OH is 2. The average molecular weight is 940 g/mol. The number of hydrogen-bond donors (Lipinski definition) is 2. The molecule has 2 saturated carbocycles. The third-order valence-electron chi connectivity index (χ3n) is 13.3. The SMILES string of the molecule is CCOC(=O)C1C2C=CC(C2)N1C(=O)OCc1ccccc1.CCOC(=O)C1C2CC(CC2O)N1C(=O)OCc1ccccc1.CCOC(=O)C1C2CC(O)C(C2)N1C(=O)OCc1ccccc1. The van der Waals surface area contributed by atoms with Crippen molar-refractivity contribution >= 4 is 36.2 Å². The molecule has 3 aromatic rings. The Bertz CT molecular complexity index is 2230. The minimum absolute atomic E-state index is 0.0355. The number of likely N-dealkylation sites (tertiary alicyclic amines) is 3. The van der Waals surface area contributed by atoms with E-state index in [2.05, 4.69) is 0 Å². The monoisotopic (exact) mass is 939 g/mol. The van der Waals surface area contributed by atoms with Gasteiger partial charge in [0.1, 0.15) is 37.9 Å². The maximum absolute atomic E-state index is 12.5. The van der Waals surface area contributed by atoms with E-state index in [0.29, 0.717) is 32.3 Å². The summed E-state index contributed by atoms with van der Waals surface area (Å²) in [7, 11) is 0. The molecule has 3 aromatic carbocycles. The van der Waals surface area contributed by atoms with Gasteiger partial charge in [0.15, 0.2) is 0 Å². The minimum Gasteiger partial charge on any atom is -0.464 e. The Hall–Kier alpha value is -6.46. The van der Waals surface area contributed by atoms with Gasteiger partial charge in [-0.2, -0.15) is 0 Å². The fourth-order valence-corrected chi connectivity index (χ4v) is 10.3. The number of esters is 3. The largest absolute Gasteiger partial charge is 0.464 e. The normalized spacial score (nSPS) is 27.6. The molecule has 17 heteroatoms. The van der Waals surface area contributed by atoms with Gasteiger partial charge >= 0.3 is 36.2 Å². The maximum atomic E-state index is 12.5. The van der Waals surface area contributed by atoms with Crippen LogP contribution in [-0.2, 0) is 62.6 Å². The third kappa shape index (κ3) is 11.3. The first-order valence-electron chi connectivity index (χ1n) is 23.4. The zero-order chi connectivity index (χ0) is 48.3. The summed E-state index contributed by atoms with van der Waals surface area (Å²) >= 11 is 0. The number of piperidine rings is 2. The standard InChI is InChI=1S/2C17H21NO5.C17H19NO4/c1-2-22-16(20)15-13-8-12(9-14(13)19)18(15)17(21)23-10-11-6-4-3-5-7-11;1-2-22-16(20)15-12-8-13(14(19)9-12)18(15)17(21)23-10-11-6-4-3-5-7-11;1-2-21-16(19)15-13-8-9-14(10-13)18(15)17(20)22-11-12-6-4-3-5-7-12/h2*3-7,12-15,19H,2,8-10H2,1H3;3-9,13-15H,2,10-11H2,1H3. The van der Waals surface area contributed by atoms with Gasteiger partial charge in [0.25, 0.3) is 0 Å². The smallest absolute Gasteiger partial charge is 0.411 e. The second kappa shape index (κ2) is 23.0. The lowest BCUT2D eigenvalue weighted by Gasteiger charge is -2.35. The molecule has 5 fully saturated rings. The van der Waals surface area contributed by atoms with Crippen molar-refractivity contribution < 1.29 is 67.4 Å². The molecule has 2 N–H and O–H groups in total. The maximum Gasteiger partial charge on any atom is 0.411 e. The molecule has 17 nitrogen and oxygen atoms in total. The van der Waals surface area contributed by atoms with Crippen molar-refractivity contribution in [2.45, 2.75) is 121 Å². The highest BCUT2D eigenvalue weighted by atomic mass is 16.6. The Labute approximate surface area is 395 Å². The molecular weight excluding hydrogens is 879 g/mol. The number of rotatable bonds is 12. The average Bonchev–Trinajstić information content (AvgIpc) is 4.23. The predicted octanol–water partition coefficient (Wildman–Crippen LogP) is 5.94. The zero-order valence-corrected chi connectivity index (χ0v) is 38.6. The number of carbonyl (C=O) groups is 6. The fourth-order valence-electron chi connectivity index (χ4n) is 10.3. The van der Waals surface area contributed by atoms with Gasteiger partial charge in [-0.15, -0.1) is 0 Å². The Kier molecular flexibility index (Phi) is 16.7. The minimum atomic E-state index is -0.744. The van der Waals surface area contributed by atoms with Gasteiger partial charge in [0.05, 0.1) is 44.1 Å². The first kappa shape index (κ1) is 49.4. The van der Waals surface area contributed by atoms with Crippen LogP contribution in [0.2, 0.25) is 0 Å². The summed E-state index contributed by atoms with van der Waals surface area (Å²) < 4.78 is 31.3. The molecule has 3 aliphatic carbocycles. The van der Waals surface area contributed by atoms with Crippen LogP contribution in [0, 0.1) is 17.8 Å². The van der Waals surface area contributed by atoms with E-state index >= 15 is 0 Å². The number of carbonyl (C=O) groups excluding carboxylic acids is 6. The summed E-state index contributed by atoms with van der Waals surface area (Å²) in [6, 6.07) is 25.7. The first-order chi connectivity index (χ1) is 32.9. The molecule has 0 spiro atoms. The number of fused-ring (bicyclic) bond motifs is 6. The number of benzene rings is 3. The van der Waals surface area contributed by atoms with E-state index in [-0.39, 0.29) is 74.9 Å². The summed E-state index contributed by atoms with van der Waals surface area (Å²) in [5, 5.41) is 20.1. The van der Waals surface area contributed by atoms with E-state index in [1.807, 2.05) is 103 Å². The molecule has 11 unspecified atom stereocenters. The lowest BCUT2D eigenvalue weighted by molar-refractivity contribution is -0.153. The topological polar surface area (TPSA) is 208 Å². The quantitative estimate of drug-likeness (QED) is 0.123. The predicted molar refractivity (Wildman–Crippen MR) is 243 cm³/mol. The van der Waals surface area contributed by atoms with E-state index in [9.17, 15) is 39.0 Å². The first-order valence-corrected chi connectivity index (χ1v) is 23.4. The Morgan fingerprint density at radius 1 is 0.485 bits per heavy atom. The number of amides is 3. The number of ether oxygens (including phenoxy) is 6. The van der Waals surface area contributed by atoms with E-state index in [1.54, 1.807) is 20.8 Å². The highest BCUT2D eigenvalue weighted by molar-refractivity contribution is 5.85. The van der Waals surface area contributed by atoms with E-state index in [4.69, 9.17) is 28.4 Å². The molecule has 6 bridgehead atoms. The van der Waals surface area contributed by atoms with Crippen molar-refractivity contribution in [3.63, 3.8) is 0 Å². The van der Waals surface area contributed by atoms with Crippen LogP contribution in [0.1, 0.15) is 69.6 Å². The second-order valence-electron chi connectivity index (χ2n) is 17.5. The van der Waals surface area contributed by atoms with Crippen LogP contribution in [-0.4, -0.2) is 129 Å². The number of aliphatic hydroxyl groups is 2. The summed E-state index contributed by atoms with van der Waals surface area (Å²) in [5.74, 6) is -1.51. The van der Waals surface area contributed by atoms with Crippen molar-refractivity contribution in [1.82, 2.24) is 14.7 Å². The molecular formula is C51H61N3O14. The van der Waals surface area contributed by atoms with Gasteiger partial charge in [-0.25, -0.2) is 28.8 Å².